The van der Waals surface area contributed by atoms with Crippen LogP contribution in [0.15, 0.2) is 54.6 Å². The van der Waals surface area contributed by atoms with Crippen molar-refractivity contribution in [3.63, 3.8) is 0 Å². The van der Waals surface area contributed by atoms with Gasteiger partial charge in [-0.15, -0.1) is 0 Å². The van der Waals surface area contributed by atoms with Crippen molar-refractivity contribution < 1.29 is 10.2 Å². The Morgan fingerprint density at radius 3 is 2.54 bits per heavy atom. The van der Waals surface area contributed by atoms with Gasteiger partial charge in [-0.1, -0.05) is 54.6 Å². The number of rotatable bonds is 5. The van der Waals surface area contributed by atoms with Crippen molar-refractivity contribution in [2.45, 2.75) is 37.9 Å². The van der Waals surface area contributed by atoms with Gasteiger partial charge in [0.25, 0.3) is 0 Å². The Labute approximate surface area is 144 Å². The summed E-state index contributed by atoms with van der Waals surface area (Å²) in [4.78, 5) is 2.28. The molecule has 2 unspecified atom stereocenters. The lowest BCUT2D eigenvalue weighted by atomic mass is 9.96. The number of hydrogen-bond acceptors (Lipinski definition) is 3. The molecule has 0 amide bonds. The highest BCUT2D eigenvalue weighted by Gasteiger charge is 2.18. The van der Waals surface area contributed by atoms with Crippen molar-refractivity contribution in [1.82, 2.24) is 4.90 Å². The summed E-state index contributed by atoms with van der Waals surface area (Å²) in [7, 11) is 0. The predicted molar refractivity (Wildman–Crippen MR) is 97.9 cm³/mol. The van der Waals surface area contributed by atoms with Crippen molar-refractivity contribution in [3.05, 3.63) is 60.2 Å². The summed E-state index contributed by atoms with van der Waals surface area (Å²) in [5, 5.41) is 20.3. The molecule has 0 aliphatic carbocycles. The van der Waals surface area contributed by atoms with E-state index in [1.807, 2.05) is 24.3 Å². The normalized spacial score (nSPS) is 20.5. The van der Waals surface area contributed by atoms with Crippen LogP contribution in [0.5, 0.6) is 0 Å². The van der Waals surface area contributed by atoms with Gasteiger partial charge in [0.1, 0.15) is 0 Å². The summed E-state index contributed by atoms with van der Waals surface area (Å²) in [6.07, 6.45) is 2.80. The molecule has 0 radical (unpaired) electrons. The summed E-state index contributed by atoms with van der Waals surface area (Å²) in [6, 6.07) is 18.7. The van der Waals surface area contributed by atoms with Gasteiger partial charge >= 0.3 is 0 Å². The molecule has 3 nitrogen and oxygen atoms in total. The lowest BCUT2D eigenvalue weighted by molar-refractivity contribution is 0.109. The summed E-state index contributed by atoms with van der Waals surface area (Å²) >= 11 is 0. The molecule has 0 saturated carbocycles. The van der Waals surface area contributed by atoms with Gasteiger partial charge in [0.15, 0.2) is 0 Å². The van der Waals surface area contributed by atoms with Gasteiger partial charge in [-0.3, -0.25) is 0 Å². The first-order chi connectivity index (χ1) is 11.7. The molecule has 0 bridgehead atoms. The molecular formula is C21H27NO2. The molecule has 1 aliphatic rings. The van der Waals surface area contributed by atoms with Crippen molar-refractivity contribution in [3.8, 4) is 11.1 Å². The lowest BCUT2D eigenvalue weighted by Gasteiger charge is -2.24. The van der Waals surface area contributed by atoms with E-state index in [0.29, 0.717) is 13.0 Å². The lowest BCUT2D eigenvalue weighted by Crippen LogP contribution is -2.34. The molecule has 2 aromatic carbocycles. The van der Waals surface area contributed by atoms with Crippen molar-refractivity contribution in [1.29, 1.82) is 0 Å². The summed E-state index contributed by atoms with van der Waals surface area (Å²) in [6.45, 7) is 2.52. The second kappa shape index (κ2) is 8.43. The van der Waals surface area contributed by atoms with Gasteiger partial charge in [-0.25, -0.2) is 0 Å². The molecule has 1 aliphatic heterocycles. The summed E-state index contributed by atoms with van der Waals surface area (Å²) in [5.41, 5.74) is 3.58. The Morgan fingerprint density at radius 2 is 1.71 bits per heavy atom. The zero-order valence-electron chi connectivity index (χ0n) is 14.1. The van der Waals surface area contributed by atoms with Crippen LogP contribution in [0, 0.1) is 0 Å². The number of nitrogens with zero attached hydrogens (tertiary/aromatic N) is 1. The molecule has 1 heterocycles. The highest BCUT2D eigenvalue weighted by atomic mass is 16.3. The SMILES string of the molecule is OC1CCCN(CC(O)Cc2ccccc2-c2ccccc2)CC1. The van der Waals surface area contributed by atoms with Crippen LogP contribution >= 0.6 is 0 Å². The van der Waals surface area contributed by atoms with Gasteiger partial charge in [0, 0.05) is 19.5 Å². The van der Waals surface area contributed by atoms with Gasteiger partial charge in [-0.05, 0) is 42.5 Å². The fourth-order valence-corrected chi connectivity index (χ4v) is 3.53. The summed E-state index contributed by atoms with van der Waals surface area (Å²) < 4.78 is 0. The van der Waals surface area contributed by atoms with E-state index in [1.165, 1.54) is 16.7 Å². The van der Waals surface area contributed by atoms with E-state index in [-0.39, 0.29) is 12.2 Å². The molecule has 24 heavy (non-hydrogen) atoms. The van der Waals surface area contributed by atoms with E-state index in [2.05, 4.69) is 35.2 Å². The highest BCUT2D eigenvalue weighted by Crippen LogP contribution is 2.24. The first-order valence-corrected chi connectivity index (χ1v) is 8.94. The van der Waals surface area contributed by atoms with Crippen LogP contribution in [0.3, 0.4) is 0 Å². The van der Waals surface area contributed by atoms with Crippen LogP contribution in [0.1, 0.15) is 24.8 Å². The Bertz CT molecular complexity index is 629. The molecule has 1 saturated heterocycles. The maximum absolute atomic E-state index is 10.6. The predicted octanol–water partition coefficient (Wildman–Crippen LogP) is 3.10. The third-order valence-electron chi connectivity index (χ3n) is 4.82. The maximum atomic E-state index is 10.6. The standard InChI is InChI=1S/C21H27NO2/c23-19-10-6-13-22(14-12-19)16-20(24)15-18-9-4-5-11-21(18)17-7-2-1-3-8-17/h1-5,7-9,11,19-20,23-24H,6,10,12-16H2. The minimum atomic E-state index is -0.384. The first kappa shape index (κ1) is 17.2. The van der Waals surface area contributed by atoms with Crippen molar-refractivity contribution in [2.24, 2.45) is 0 Å². The van der Waals surface area contributed by atoms with Crippen molar-refractivity contribution in [2.75, 3.05) is 19.6 Å². The number of hydrogen-bond donors (Lipinski definition) is 2. The van der Waals surface area contributed by atoms with E-state index in [9.17, 15) is 10.2 Å². The van der Waals surface area contributed by atoms with Crippen molar-refractivity contribution >= 4 is 0 Å². The minimum Gasteiger partial charge on any atom is -0.393 e. The second-order valence-electron chi connectivity index (χ2n) is 6.77. The molecule has 2 atom stereocenters. The van der Waals surface area contributed by atoms with E-state index in [1.54, 1.807) is 0 Å². The first-order valence-electron chi connectivity index (χ1n) is 8.94. The van der Waals surface area contributed by atoms with Crippen LogP contribution in [0.2, 0.25) is 0 Å². The topological polar surface area (TPSA) is 43.7 Å². The van der Waals surface area contributed by atoms with E-state index < -0.39 is 0 Å². The molecule has 2 N–H and O–H groups in total. The minimum absolute atomic E-state index is 0.175. The van der Waals surface area contributed by atoms with Crippen LogP contribution in [0.25, 0.3) is 11.1 Å². The number of β-amino-alcohol motifs (C(OH)–C–C–N with tert-alkyl or cyclic N) is 1. The molecule has 3 heteroatoms. The van der Waals surface area contributed by atoms with Gasteiger partial charge in [-0.2, -0.15) is 0 Å². The maximum Gasteiger partial charge on any atom is 0.0707 e. The molecule has 2 aromatic rings. The number of benzene rings is 2. The number of aliphatic hydroxyl groups excluding tert-OH is 2. The molecule has 0 spiro atoms. The van der Waals surface area contributed by atoms with Gasteiger partial charge in [0.2, 0.25) is 0 Å². The highest BCUT2D eigenvalue weighted by molar-refractivity contribution is 5.67. The Hall–Kier alpha value is -1.68. The molecule has 1 fully saturated rings. The number of aliphatic hydroxyl groups is 2. The van der Waals surface area contributed by atoms with Crippen LogP contribution in [-0.2, 0) is 6.42 Å². The monoisotopic (exact) mass is 325 g/mol. The molecule has 3 rings (SSSR count). The van der Waals surface area contributed by atoms with Crippen LogP contribution in [-0.4, -0.2) is 47.0 Å². The third kappa shape index (κ3) is 4.67. The Balaban J connectivity index is 1.65. The van der Waals surface area contributed by atoms with Crippen LogP contribution < -0.4 is 0 Å². The third-order valence-corrected chi connectivity index (χ3v) is 4.82. The van der Waals surface area contributed by atoms with E-state index in [4.69, 9.17) is 0 Å². The van der Waals surface area contributed by atoms with Crippen LogP contribution in [0.4, 0.5) is 0 Å². The fraction of sp³-hybridized carbons (Fsp3) is 0.429. The largest absolute Gasteiger partial charge is 0.393 e. The molecule has 0 aromatic heterocycles. The Morgan fingerprint density at radius 1 is 0.958 bits per heavy atom. The van der Waals surface area contributed by atoms with Gasteiger partial charge < -0.3 is 15.1 Å². The average Bonchev–Trinajstić information content (AvgIpc) is 2.80. The zero-order valence-corrected chi connectivity index (χ0v) is 14.1. The zero-order chi connectivity index (χ0) is 16.8. The average molecular weight is 325 g/mol. The van der Waals surface area contributed by atoms with E-state index in [0.717, 1.165) is 32.4 Å². The molecule has 128 valence electrons. The smallest absolute Gasteiger partial charge is 0.0707 e. The Kier molecular flexibility index (Phi) is 6.02. The fourth-order valence-electron chi connectivity index (χ4n) is 3.53. The summed E-state index contributed by atoms with van der Waals surface area (Å²) in [5.74, 6) is 0. The second-order valence-corrected chi connectivity index (χ2v) is 6.77. The number of likely N-dealkylation sites (tertiary alicyclic amines) is 1. The van der Waals surface area contributed by atoms with Gasteiger partial charge in [0.05, 0.1) is 12.2 Å². The van der Waals surface area contributed by atoms with E-state index >= 15 is 0 Å². The quantitative estimate of drug-likeness (QED) is 0.888. The molecular weight excluding hydrogens is 298 g/mol.